The van der Waals surface area contributed by atoms with Crippen LogP contribution in [0.4, 0.5) is 5.69 Å². The number of nitrogens with zero attached hydrogens (tertiary/aromatic N) is 1. The normalized spacial score (nSPS) is 10.2. The first-order chi connectivity index (χ1) is 10.5. The minimum atomic E-state index is -0.532. The molecule has 8 heteroatoms. The van der Waals surface area contributed by atoms with Crippen molar-refractivity contribution < 1.29 is 14.3 Å². The van der Waals surface area contributed by atoms with Gasteiger partial charge in [0.1, 0.15) is 22.3 Å². The van der Waals surface area contributed by atoms with Gasteiger partial charge in [0, 0.05) is 12.1 Å². The first kappa shape index (κ1) is 16.7. The fourth-order valence-corrected chi connectivity index (χ4v) is 2.29. The number of nitrogens with one attached hydrogen (secondary N) is 1. The van der Waals surface area contributed by atoms with Crippen LogP contribution in [0.3, 0.4) is 0 Å². The van der Waals surface area contributed by atoms with E-state index in [0.717, 1.165) is 0 Å². The van der Waals surface area contributed by atoms with Gasteiger partial charge in [0.05, 0.1) is 30.0 Å². The highest BCUT2D eigenvalue weighted by atomic mass is 35.5. The van der Waals surface area contributed by atoms with Gasteiger partial charge in [0.25, 0.3) is 5.91 Å². The summed E-state index contributed by atoms with van der Waals surface area (Å²) >= 11 is 17.7. The van der Waals surface area contributed by atoms with Crippen LogP contribution in [-0.4, -0.2) is 25.1 Å². The summed E-state index contributed by atoms with van der Waals surface area (Å²) < 4.78 is 10.3. The van der Waals surface area contributed by atoms with Crippen LogP contribution in [0.15, 0.2) is 24.3 Å². The smallest absolute Gasteiger partial charge is 0.275 e. The van der Waals surface area contributed by atoms with E-state index in [-0.39, 0.29) is 15.9 Å². The van der Waals surface area contributed by atoms with Crippen LogP contribution in [0, 0.1) is 0 Å². The summed E-state index contributed by atoms with van der Waals surface area (Å²) in [5.41, 5.74) is 0.372. The lowest BCUT2D eigenvalue weighted by Crippen LogP contribution is -2.15. The Morgan fingerprint density at radius 1 is 1.05 bits per heavy atom. The number of carbonyl (C=O) groups excluding carboxylic acids is 1. The zero-order valence-electron chi connectivity index (χ0n) is 11.6. The number of hydrogen-bond donors (Lipinski definition) is 1. The average molecular weight is 362 g/mol. The van der Waals surface area contributed by atoms with Gasteiger partial charge >= 0.3 is 0 Å². The highest BCUT2D eigenvalue weighted by Gasteiger charge is 2.17. The predicted molar refractivity (Wildman–Crippen MR) is 86.8 cm³/mol. The summed E-state index contributed by atoms with van der Waals surface area (Å²) in [4.78, 5) is 16.2. The number of amides is 1. The Morgan fingerprint density at radius 2 is 1.73 bits per heavy atom. The monoisotopic (exact) mass is 360 g/mol. The summed E-state index contributed by atoms with van der Waals surface area (Å²) in [5.74, 6) is 0.232. The van der Waals surface area contributed by atoms with Crippen LogP contribution in [0.2, 0.25) is 15.2 Å². The maximum absolute atomic E-state index is 12.3. The van der Waals surface area contributed by atoms with E-state index in [2.05, 4.69) is 10.3 Å². The van der Waals surface area contributed by atoms with Crippen LogP contribution in [0.1, 0.15) is 10.5 Å². The number of methoxy groups -OCH3 is 2. The molecule has 0 radical (unpaired) electrons. The molecule has 0 unspecified atom stereocenters. The van der Waals surface area contributed by atoms with Gasteiger partial charge in [-0.1, -0.05) is 34.8 Å². The third kappa shape index (κ3) is 3.55. The lowest BCUT2D eigenvalue weighted by atomic mass is 10.2. The van der Waals surface area contributed by atoms with Crippen molar-refractivity contribution in [2.45, 2.75) is 0 Å². The minimum Gasteiger partial charge on any atom is -0.495 e. The molecule has 0 saturated carbocycles. The summed E-state index contributed by atoms with van der Waals surface area (Å²) in [6, 6.07) is 6.05. The number of carbonyl (C=O) groups is 1. The second-order valence-electron chi connectivity index (χ2n) is 4.11. The number of benzene rings is 1. The molecule has 1 aromatic heterocycles. The number of halogens is 3. The SMILES string of the molecule is COc1cc(NC(=O)c2nc(Cl)ccc2Cl)c(OC)cc1Cl. The Balaban J connectivity index is 2.37. The van der Waals surface area contributed by atoms with E-state index in [1.54, 1.807) is 0 Å². The number of aromatic nitrogens is 1. The van der Waals surface area contributed by atoms with Crippen molar-refractivity contribution in [2.24, 2.45) is 0 Å². The molecule has 0 aliphatic heterocycles. The topological polar surface area (TPSA) is 60.5 Å². The molecule has 2 aromatic rings. The molecule has 22 heavy (non-hydrogen) atoms. The zero-order valence-corrected chi connectivity index (χ0v) is 13.9. The van der Waals surface area contributed by atoms with Gasteiger partial charge in [-0.25, -0.2) is 4.98 Å². The second-order valence-corrected chi connectivity index (χ2v) is 5.31. The number of anilines is 1. The predicted octanol–water partition coefficient (Wildman–Crippen LogP) is 4.31. The lowest BCUT2D eigenvalue weighted by molar-refractivity contribution is 0.102. The number of pyridine rings is 1. The minimum absolute atomic E-state index is 0.00476. The first-order valence-corrected chi connectivity index (χ1v) is 7.14. The molecule has 0 bridgehead atoms. The van der Waals surface area contributed by atoms with Gasteiger partial charge in [-0.2, -0.15) is 0 Å². The van der Waals surface area contributed by atoms with Crippen LogP contribution in [0.5, 0.6) is 11.5 Å². The summed E-state index contributed by atoms with van der Waals surface area (Å²) in [6.07, 6.45) is 0. The van der Waals surface area contributed by atoms with Crippen molar-refractivity contribution in [1.29, 1.82) is 0 Å². The molecule has 1 heterocycles. The maximum atomic E-state index is 12.3. The van der Waals surface area contributed by atoms with Crippen molar-refractivity contribution in [3.05, 3.63) is 45.2 Å². The van der Waals surface area contributed by atoms with Crippen molar-refractivity contribution in [2.75, 3.05) is 19.5 Å². The van der Waals surface area contributed by atoms with E-state index < -0.39 is 5.91 Å². The summed E-state index contributed by atoms with van der Waals surface area (Å²) in [7, 11) is 2.92. The third-order valence-electron chi connectivity index (χ3n) is 2.75. The average Bonchev–Trinajstić information content (AvgIpc) is 2.50. The molecule has 1 amide bonds. The van der Waals surface area contributed by atoms with Gasteiger partial charge in [-0.3, -0.25) is 4.79 Å². The van der Waals surface area contributed by atoms with Gasteiger partial charge in [0.15, 0.2) is 0 Å². The highest BCUT2D eigenvalue weighted by molar-refractivity contribution is 6.35. The molecule has 116 valence electrons. The Kier molecular flexibility index (Phi) is 5.34. The highest BCUT2D eigenvalue weighted by Crippen LogP contribution is 2.36. The Hall–Kier alpha value is -1.69. The molecule has 1 aromatic carbocycles. The van der Waals surface area contributed by atoms with E-state index in [0.29, 0.717) is 22.2 Å². The Bertz CT molecular complexity index is 723. The molecular weight excluding hydrogens is 351 g/mol. The summed E-state index contributed by atoms with van der Waals surface area (Å²) in [5, 5.41) is 3.34. The Morgan fingerprint density at radius 3 is 2.36 bits per heavy atom. The molecule has 0 atom stereocenters. The number of ether oxygens (including phenoxy) is 2. The number of hydrogen-bond acceptors (Lipinski definition) is 4. The van der Waals surface area contributed by atoms with Gasteiger partial charge in [-0.15, -0.1) is 0 Å². The van der Waals surface area contributed by atoms with E-state index in [9.17, 15) is 4.79 Å². The second kappa shape index (κ2) is 7.05. The lowest BCUT2D eigenvalue weighted by Gasteiger charge is -2.13. The molecule has 0 spiro atoms. The van der Waals surface area contributed by atoms with Gasteiger partial charge in [-0.05, 0) is 12.1 Å². The van der Waals surface area contributed by atoms with Crippen LogP contribution in [-0.2, 0) is 0 Å². The molecular formula is C14H11Cl3N2O3. The fourth-order valence-electron chi connectivity index (χ4n) is 1.72. The first-order valence-electron chi connectivity index (χ1n) is 6.01. The maximum Gasteiger partial charge on any atom is 0.275 e. The van der Waals surface area contributed by atoms with Crippen molar-refractivity contribution in [3.63, 3.8) is 0 Å². The van der Waals surface area contributed by atoms with E-state index >= 15 is 0 Å². The molecule has 0 saturated heterocycles. The molecule has 0 aliphatic rings. The van der Waals surface area contributed by atoms with Gasteiger partial charge < -0.3 is 14.8 Å². The standard InChI is InChI=1S/C14H11Cl3N2O3/c1-21-10-6-9(11(22-2)5-8(10)16)18-14(20)13-7(15)3-4-12(17)19-13/h3-6H,1-2H3,(H,18,20). The molecule has 0 fully saturated rings. The molecule has 5 nitrogen and oxygen atoms in total. The number of rotatable bonds is 4. The zero-order chi connectivity index (χ0) is 16.3. The summed E-state index contributed by atoms with van der Waals surface area (Å²) in [6.45, 7) is 0. The van der Waals surface area contributed by atoms with Crippen LogP contribution >= 0.6 is 34.8 Å². The fraction of sp³-hybridized carbons (Fsp3) is 0.143. The van der Waals surface area contributed by atoms with Gasteiger partial charge in [0.2, 0.25) is 0 Å². The van der Waals surface area contributed by atoms with Crippen molar-refractivity contribution in [3.8, 4) is 11.5 Å². The quantitative estimate of drug-likeness (QED) is 0.824. The van der Waals surface area contributed by atoms with Crippen molar-refractivity contribution in [1.82, 2.24) is 4.98 Å². The van der Waals surface area contributed by atoms with Crippen molar-refractivity contribution >= 4 is 46.4 Å². The molecule has 0 aliphatic carbocycles. The van der Waals surface area contributed by atoms with E-state index in [1.807, 2.05) is 0 Å². The Labute approximate surface area is 142 Å². The molecule has 2 rings (SSSR count). The van der Waals surface area contributed by atoms with E-state index in [1.165, 1.54) is 38.5 Å². The van der Waals surface area contributed by atoms with Crippen LogP contribution < -0.4 is 14.8 Å². The molecule has 1 N–H and O–H groups in total. The third-order valence-corrected chi connectivity index (χ3v) is 3.56. The largest absolute Gasteiger partial charge is 0.495 e. The van der Waals surface area contributed by atoms with E-state index in [4.69, 9.17) is 44.3 Å². The van der Waals surface area contributed by atoms with Crippen LogP contribution in [0.25, 0.3) is 0 Å².